The molecule has 4 rings (SSSR count). The van der Waals surface area contributed by atoms with Crippen molar-refractivity contribution in [3.63, 3.8) is 0 Å². The molecule has 8 nitrogen and oxygen atoms in total. The zero-order valence-electron chi connectivity index (χ0n) is 24.4. The normalized spacial score (nSPS) is 11.9. The number of ether oxygens (including phenoxy) is 1. The van der Waals surface area contributed by atoms with Crippen molar-refractivity contribution in [1.82, 2.24) is 14.9 Å². The summed E-state index contributed by atoms with van der Waals surface area (Å²) in [5.41, 5.74) is 3.33. The lowest BCUT2D eigenvalue weighted by Crippen LogP contribution is -2.43. The minimum atomic E-state index is -3.56. The van der Waals surface area contributed by atoms with Crippen LogP contribution in [0, 0.1) is 0 Å². The summed E-state index contributed by atoms with van der Waals surface area (Å²) in [6, 6.07) is 32.0. The van der Waals surface area contributed by atoms with Gasteiger partial charge in [-0.2, -0.15) is 0 Å². The summed E-state index contributed by atoms with van der Waals surface area (Å²) in [5, 5.41) is 3.02. The largest absolute Gasteiger partial charge is 0.497 e. The van der Waals surface area contributed by atoms with Gasteiger partial charge in [0, 0.05) is 26.1 Å². The van der Waals surface area contributed by atoms with E-state index in [9.17, 15) is 18.0 Å². The van der Waals surface area contributed by atoms with Crippen LogP contribution in [0.1, 0.15) is 41.6 Å². The Labute approximate surface area is 253 Å². The molecule has 0 aliphatic heterocycles. The quantitative estimate of drug-likeness (QED) is 0.212. The maximum atomic E-state index is 13.9. The molecule has 0 unspecified atom stereocenters. The molecule has 0 bridgehead atoms. The Morgan fingerprint density at radius 3 is 2.00 bits per heavy atom. The molecule has 0 saturated carbocycles. The van der Waals surface area contributed by atoms with E-state index in [1.165, 1.54) is 0 Å². The third-order valence-corrected chi connectivity index (χ3v) is 8.57. The number of hydrogen-bond acceptors (Lipinski definition) is 5. The van der Waals surface area contributed by atoms with Gasteiger partial charge in [-0.25, -0.2) is 13.1 Å². The van der Waals surface area contributed by atoms with Crippen LogP contribution in [-0.2, 0) is 39.1 Å². The van der Waals surface area contributed by atoms with Crippen molar-refractivity contribution in [3.8, 4) is 5.75 Å². The smallest absolute Gasteiger partial charge is 0.247 e. The van der Waals surface area contributed by atoms with Crippen LogP contribution in [0.4, 0.5) is 0 Å². The fourth-order valence-corrected chi connectivity index (χ4v) is 5.79. The van der Waals surface area contributed by atoms with Gasteiger partial charge in [0.1, 0.15) is 11.8 Å². The molecule has 9 heteroatoms. The number of hydrogen-bond donors (Lipinski definition) is 2. The summed E-state index contributed by atoms with van der Waals surface area (Å²) in [4.78, 5) is 29.6. The van der Waals surface area contributed by atoms with Gasteiger partial charge < -0.3 is 15.0 Å². The fraction of sp³-hybridized carbons (Fsp3) is 0.235. The first kappa shape index (κ1) is 31.5. The lowest BCUT2D eigenvalue weighted by atomic mass is 10.0. The van der Waals surface area contributed by atoms with Crippen LogP contribution < -0.4 is 14.8 Å². The van der Waals surface area contributed by atoms with Crippen LogP contribution in [0.2, 0.25) is 0 Å². The van der Waals surface area contributed by atoms with E-state index in [-0.39, 0.29) is 29.7 Å². The average Bonchev–Trinajstić information content (AvgIpc) is 3.03. The first-order valence-corrected chi connectivity index (χ1v) is 15.7. The Morgan fingerprint density at radius 2 is 1.40 bits per heavy atom. The zero-order valence-corrected chi connectivity index (χ0v) is 25.2. The number of carbonyl (C=O) groups excluding carboxylic acids is 2. The number of carbonyl (C=O) groups is 2. The van der Waals surface area contributed by atoms with Crippen molar-refractivity contribution in [2.75, 3.05) is 13.7 Å². The number of aryl methyl sites for hydroxylation is 1. The predicted octanol–water partition coefficient (Wildman–Crippen LogP) is 5.01. The molecule has 0 heterocycles. The van der Waals surface area contributed by atoms with Gasteiger partial charge in [0.2, 0.25) is 21.8 Å². The molecule has 0 radical (unpaired) electrons. The first-order chi connectivity index (χ1) is 20.8. The number of benzene rings is 4. The number of nitrogens with one attached hydrogen (secondary N) is 2. The van der Waals surface area contributed by atoms with Crippen LogP contribution in [0.25, 0.3) is 0 Å². The molecule has 1 atom stereocenters. The van der Waals surface area contributed by atoms with Crippen LogP contribution in [0.5, 0.6) is 5.75 Å². The second kappa shape index (κ2) is 15.1. The average molecular weight is 600 g/mol. The van der Waals surface area contributed by atoms with E-state index in [0.29, 0.717) is 25.1 Å². The van der Waals surface area contributed by atoms with Crippen molar-refractivity contribution in [1.29, 1.82) is 0 Å². The maximum Gasteiger partial charge on any atom is 0.247 e. The standard InChI is InChI=1S/C34H37N3O5S/c1-3-36-43(40,41)31-21-16-26(17-22-31)18-23-32(38)37(25-28-10-6-4-7-11-28)33(29-12-8-5-9-13-29)34(39)35-24-27-14-19-30(42-2)20-15-27/h4-17,19-22,33,36H,3,18,23-25H2,1-2H3,(H,35,39)/t33-/m0/s1. The molecular weight excluding hydrogens is 562 g/mol. The Morgan fingerprint density at radius 1 is 0.791 bits per heavy atom. The highest BCUT2D eigenvalue weighted by Gasteiger charge is 2.31. The molecule has 2 amide bonds. The number of nitrogens with zero attached hydrogens (tertiary/aromatic N) is 1. The molecule has 0 aliphatic carbocycles. The number of amides is 2. The highest BCUT2D eigenvalue weighted by atomic mass is 32.2. The van der Waals surface area contributed by atoms with E-state index in [1.807, 2.05) is 84.9 Å². The highest BCUT2D eigenvalue weighted by Crippen LogP contribution is 2.26. The van der Waals surface area contributed by atoms with Crippen molar-refractivity contribution < 1.29 is 22.7 Å². The van der Waals surface area contributed by atoms with Gasteiger partial charge >= 0.3 is 0 Å². The van der Waals surface area contributed by atoms with E-state index in [0.717, 1.165) is 22.4 Å². The van der Waals surface area contributed by atoms with Gasteiger partial charge in [0.05, 0.1) is 12.0 Å². The summed E-state index contributed by atoms with van der Waals surface area (Å²) in [6.07, 6.45) is 0.530. The molecule has 224 valence electrons. The summed E-state index contributed by atoms with van der Waals surface area (Å²) in [7, 11) is -1.96. The monoisotopic (exact) mass is 599 g/mol. The Kier molecular flexibility index (Phi) is 11.1. The van der Waals surface area contributed by atoms with Crippen LogP contribution in [0.3, 0.4) is 0 Å². The third-order valence-electron chi connectivity index (χ3n) is 7.01. The predicted molar refractivity (Wildman–Crippen MR) is 167 cm³/mol. The van der Waals surface area contributed by atoms with Gasteiger partial charge in [-0.05, 0) is 52.9 Å². The van der Waals surface area contributed by atoms with Crippen molar-refractivity contribution in [3.05, 3.63) is 131 Å². The lowest BCUT2D eigenvalue weighted by Gasteiger charge is -2.32. The molecule has 0 aliphatic rings. The fourth-order valence-electron chi connectivity index (χ4n) is 4.74. The number of sulfonamides is 1. The molecule has 2 N–H and O–H groups in total. The van der Waals surface area contributed by atoms with E-state index < -0.39 is 16.1 Å². The van der Waals surface area contributed by atoms with Gasteiger partial charge in [-0.1, -0.05) is 91.9 Å². The number of methoxy groups -OCH3 is 1. The minimum Gasteiger partial charge on any atom is -0.497 e. The summed E-state index contributed by atoms with van der Waals surface area (Å²) < 4.78 is 32.3. The van der Waals surface area contributed by atoms with Gasteiger partial charge in [0.25, 0.3) is 0 Å². The van der Waals surface area contributed by atoms with Gasteiger partial charge in [0.15, 0.2) is 0 Å². The molecule has 4 aromatic rings. The maximum absolute atomic E-state index is 13.9. The van der Waals surface area contributed by atoms with Crippen LogP contribution >= 0.6 is 0 Å². The highest BCUT2D eigenvalue weighted by molar-refractivity contribution is 7.89. The van der Waals surface area contributed by atoms with Crippen molar-refractivity contribution in [2.45, 2.75) is 43.8 Å². The summed E-state index contributed by atoms with van der Waals surface area (Å²) in [6.45, 7) is 2.56. The van der Waals surface area contributed by atoms with Crippen LogP contribution in [-0.4, -0.2) is 38.8 Å². The molecule has 0 spiro atoms. The Bertz CT molecular complexity index is 1580. The molecule has 4 aromatic carbocycles. The van der Waals surface area contributed by atoms with E-state index >= 15 is 0 Å². The Balaban J connectivity index is 1.57. The van der Waals surface area contributed by atoms with E-state index in [1.54, 1.807) is 43.2 Å². The van der Waals surface area contributed by atoms with Crippen molar-refractivity contribution >= 4 is 21.8 Å². The van der Waals surface area contributed by atoms with Crippen LogP contribution in [0.15, 0.2) is 114 Å². The summed E-state index contributed by atoms with van der Waals surface area (Å²) >= 11 is 0. The second-order valence-electron chi connectivity index (χ2n) is 10.0. The number of rotatable bonds is 14. The van der Waals surface area contributed by atoms with Crippen molar-refractivity contribution in [2.24, 2.45) is 0 Å². The molecular formula is C34H37N3O5S. The third kappa shape index (κ3) is 8.76. The molecule has 0 fully saturated rings. The molecule has 0 aromatic heterocycles. The summed E-state index contributed by atoms with van der Waals surface area (Å²) in [5.74, 6) is 0.247. The topological polar surface area (TPSA) is 105 Å². The first-order valence-electron chi connectivity index (χ1n) is 14.2. The molecule has 43 heavy (non-hydrogen) atoms. The Hall–Kier alpha value is -4.47. The van der Waals surface area contributed by atoms with E-state index in [2.05, 4.69) is 10.0 Å². The minimum absolute atomic E-state index is 0.140. The SMILES string of the molecule is CCNS(=O)(=O)c1ccc(CCC(=O)N(Cc2ccccc2)[C@H](C(=O)NCc2ccc(OC)cc2)c2ccccc2)cc1. The van der Waals surface area contributed by atoms with E-state index in [4.69, 9.17) is 4.74 Å². The van der Waals surface area contributed by atoms with Gasteiger partial charge in [-0.15, -0.1) is 0 Å². The zero-order chi connectivity index (χ0) is 30.7. The lowest BCUT2D eigenvalue weighted by molar-refractivity contribution is -0.141. The molecule has 0 saturated heterocycles. The second-order valence-corrected chi connectivity index (χ2v) is 11.8. The van der Waals surface area contributed by atoms with Gasteiger partial charge in [-0.3, -0.25) is 9.59 Å².